The van der Waals surface area contributed by atoms with E-state index in [1.165, 1.54) is 83.5 Å². The zero-order valence-corrected chi connectivity index (χ0v) is 39.6. The SMILES string of the molecule is CCCCCCCCCCCCCCCCCC(=O)O.CC[C@H]1OC(=O)C[C@@H](O)[C@H](C)[C@@H](O[C@@H]2O[C@H](C)C[C@H](N(C)C)[C@H]2O)[C@@H](CC=O)C[C@@H](C)C(=O)/C=C/[C@]2(C)O[C@H]2[C@@H]1C. The van der Waals surface area contributed by atoms with Gasteiger partial charge in [0, 0.05) is 36.6 Å². The van der Waals surface area contributed by atoms with Crippen LogP contribution in [0.5, 0.6) is 0 Å². The number of carbonyl (C=O) groups excluding carboxylic acids is 3. The first-order valence-electron chi connectivity index (χ1n) is 24.1. The number of carboxylic acid groups (broad SMARTS) is 1. The molecule has 0 amide bonds. The summed E-state index contributed by atoms with van der Waals surface area (Å²) in [7, 11) is 3.76. The minimum absolute atomic E-state index is 0.0707. The highest BCUT2D eigenvalue weighted by Crippen LogP contribution is 2.45. The number of aldehydes is 1. The highest BCUT2D eigenvalue weighted by molar-refractivity contribution is 5.91. The van der Waals surface area contributed by atoms with E-state index in [1.54, 1.807) is 19.1 Å². The van der Waals surface area contributed by atoms with Gasteiger partial charge < -0.3 is 44.0 Å². The molecule has 3 rings (SSSR count). The smallest absolute Gasteiger partial charge is 0.308 e. The zero-order chi connectivity index (χ0) is 45.5. The van der Waals surface area contributed by atoms with Gasteiger partial charge in [-0.1, -0.05) is 125 Å². The summed E-state index contributed by atoms with van der Waals surface area (Å²) in [4.78, 5) is 50.3. The minimum Gasteiger partial charge on any atom is -0.481 e. The van der Waals surface area contributed by atoms with Crippen LogP contribution in [0.1, 0.15) is 183 Å². The van der Waals surface area contributed by atoms with Crippen LogP contribution in [0.2, 0.25) is 0 Å². The fraction of sp³-hybridized carbons (Fsp3) is 0.878. The number of hydrogen-bond acceptors (Lipinski definition) is 11. The van der Waals surface area contributed by atoms with Gasteiger partial charge in [0.25, 0.3) is 0 Å². The van der Waals surface area contributed by atoms with E-state index < -0.39 is 66.0 Å². The van der Waals surface area contributed by atoms with Gasteiger partial charge in [-0.05, 0) is 71.7 Å². The molecule has 0 aromatic carbocycles. The summed E-state index contributed by atoms with van der Waals surface area (Å²) in [5.41, 5.74) is -0.637. The Morgan fingerprint density at radius 3 is 1.93 bits per heavy atom. The van der Waals surface area contributed by atoms with E-state index in [0.29, 0.717) is 25.7 Å². The van der Waals surface area contributed by atoms with E-state index in [2.05, 4.69) is 6.92 Å². The lowest BCUT2D eigenvalue weighted by Crippen LogP contribution is -2.56. The first-order valence-corrected chi connectivity index (χ1v) is 24.1. The molecule has 3 N–H and O–H groups in total. The van der Waals surface area contributed by atoms with Crippen LogP contribution in [0.3, 0.4) is 0 Å². The standard InChI is InChI=1S/C31H51NO9.C18H36O2/c1-9-25-20(5)29-31(6,41-29)12-10-23(34)17(2)14-21(11-13-33)28(19(4)24(35)16-26(36)39-25)40-30-27(37)22(32(7)8)15-18(3)38-30;1-2-3-4-5-6-7-8-9-10-11-12-13-14-15-16-17-18(19)20/h10,12-13,17-22,24-25,27-30,35,37H,9,11,14-16H2,1-8H3;2-17H2,1H3,(H,19,20)/b12-10+;/t17-,18-,19+,20-,21+,22+,24-,25-,27-,28-,29+,30+,31+;/m1./s1. The van der Waals surface area contributed by atoms with Gasteiger partial charge >= 0.3 is 11.9 Å². The molecule has 12 nitrogen and oxygen atoms in total. The number of unbranched alkanes of at least 4 members (excludes halogenated alkanes) is 14. The highest BCUT2D eigenvalue weighted by atomic mass is 16.7. The van der Waals surface area contributed by atoms with Crippen molar-refractivity contribution in [1.29, 1.82) is 0 Å². The summed E-state index contributed by atoms with van der Waals surface area (Å²) in [5, 5.41) is 30.9. The number of likely N-dealkylation sites (N-methyl/N-ethyl adjacent to an activating group) is 1. The molecular formula is C49H87NO11. The maximum atomic E-state index is 13.2. The second-order valence-electron chi connectivity index (χ2n) is 18.9. The van der Waals surface area contributed by atoms with Crippen LogP contribution in [0, 0.1) is 23.7 Å². The third-order valence-corrected chi connectivity index (χ3v) is 13.3. The molecule has 12 heteroatoms. The fourth-order valence-electron chi connectivity index (χ4n) is 9.14. The van der Waals surface area contributed by atoms with Crippen LogP contribution in [0.4, 0.5) is 0 Å². The molecule has 3 heterocycles. The number of carboxylic acids is 1. The van der Waals surface area contributed by atoms with E-state index in [-0.39, 0.29) is 42.8 Å². The summed E-state index contributed by atoms with van der Waals surface area (Å²) in [5.74, 6) is -2.97. The molecule has 2 fully saturated rings. The van der Waals surface area contributed by atoms with Crippen molar-refractivity contribution < 1.29 is 53.4 Å². The Morgan fingerprint density at radius 1 is 0.869 bits per heavy atom. The molecule has 0 aliphatic carbocycles. The predicted octanol–water partition coefficient (Wildman–Crippen LogP) is 9.00. The number of allylic oxidation sites excluding steroid dienone is 1. The summed E-state index contributed by atoms with van der Waals surface area (Å²) in [6.07, 6.45) is 20.8. The fourth-order valence-corrected chi connectivity index (χ4v) is 9.14. The van der Waals surface area contributed by atoms with Gasteiger partial charge in [-0.2, -0.15) is 0 Å². The number of rotatable bonds is 22. The van der Waals surface area contributed by atoms with Crippen LogP contribution in [0.25, 0.3) is 0 Å². The van der Waals surface area contributed by atoms with Crippen molar-refractivity contribution in [2.45, 2.75) is 238 Å². The highest BCUT2D eigenvalue weighted by Gasteiger charge is 2.55. The lowest BCUT2D eigenvalue weighted by molar-refractivity contribution is -0.283. The zero-order valence-electron chi connectivity index (χ0n) is 39.6. The lowest BCUT2D eigenvalue weighted by atomic mass is 9.79. The van der Waals surface area contributed by atoms with E-state index in [4.69, 9.17) is 24.1 Å². The second-order valence-corrected chi connectivity index (χ2v) is 18.9. The quantitative estimate of drug-likeness (QED) is 0.0409. The number of nitrogens with zero attached hydrogens (tertiary/aromatic N) is 1. The number of aliphatic hydroxyl groups is 2. The van der Waals surface area contributed by atoms with Crippen LogP contribution >= 0.6 is 0 Å². The molecule has 3 aliphatic heterocycles. The molecule has 0 unspecified atom stereocenters. The van der Waals surface area contributed by atoms with Gasteiger partial charge in [-0.25, -0.2) is 0 Å². The Hall–Kier alpha value is -2.22. The van der Waals surface area contributed by atoms with Crippen LogP contribution in [0.15, 0.2) is 12.2 Å². The molecule has 354 valence electrons. The number of cyclic esters (lactones) is 1. The van der Waals surface area contributed by atoms with Crippen LogP contribution in [-0.2, 0) is 38.1 Å². The molecule has 0 spiro atoms. The topological polar surface area (TPSA) is 172 Å². The summed E-state index contributed by atoms with van der Waals surface area (Å²) >= 11 is 0. The van der Waals surface area contributed by atoms with Crippen molar-refractivity contribution >= 4 is 24.0 Å². The van der Waals surface area contributed by atoms with Crippen molar-refractivity contribution in [3.05, 3.63) is 12.2 Å². The maximum Gasteiger partial charge on any atom is 0.308 e. The number of esters is 1. The molecule has 0 radical (unpaired) electrons. The monoisotopic (exact) mass is 866 g/mol. The molecule has 0 bridgehead atoms. The van der Waals surface area contributed by atoms with Gasteiger partial charge in [0.2, 0.25) is 0 Å². The number of hydrogen-bond donors (Lipinski definition) is 3. The predicted molar refractivity (Wildman–Crippen MR) is 239 cm³/mol. The number of epoxide rings is 1. The van der Waals surface area contributed by atoms with E-state index in [1.807, 2.05) is 53.6 Å². The molecule has 0 aromatic rings. The van der Waals surface area contributed by atoms with Crippen molar-refractivity contribution in [3.63, 3.8) is 0 Å². The lowest BCUT2D eigenvalue weighted by Gasteiger charge is -2.44. The third kappa shape index (κ3) is 20.0. The molecule has 0 saturated carbocycles. The number of ether oxygens (including phenoxy) is 4. The van der Waals surface area contributed by atoms with Crippen molar-refractivity contribution in [3.8, 4) is 0 Å². The number of carbonyl (C=O) groups is 4. The summed E-state index contributed by atoms with van der Waals surface area (Å²) in [6.45, 7) is 13.5. The summed E-state index contributed by atoms with van der Waals surface area (Å²) < 4.78 is 24.2. The molecule has 61 heavy (non-hydrogen) atoms. The third-order valence-electron chi connectivity index (χ3n) is 13.3. The molecule has 0 aromatic heterocycles. The molecule has 13 atom stereocenters. The van der Waals surface area contributed by atoms with Crippen molar-refractivity contribution in [1.82, 2.24) is 4.90 Å². The number of fused-ring (bicyclic) bond motifs is 1. The Kier molecular flexibility index (Phi) is 26.3. The Labute approximate surface area is 369 Å². The number of aliphatic hydroxyl groups excluding tert-OH is 2. The Bertz CT molecular complexity index is 1290. The average Bonchev–Trinajstić information content (AvgIpc) is 3.90. The van der Waals surface area contributed by atoms with Gasteiger partial charge in [0.15, 0.2) is 12.1 Å². The second kappa shape index (κ2) is 29.3. The van der Waals surface area contributed by atoms with Crippen molar-refractivity contribution in [2.75, 3.05) is 14.1 Å². The normalized spacial score (nSPS) is 34.2. The van der Waals surface area contributed by atoms with Gasteiger partial charge in [0.1, 0.15) is 24.1 Å². The van der Waals surface area contributed by atoms with Gasteiger partial charge in [-0.3, -0.25) is 14.4 Å². The molecular weight excluding hydrogens is 779 g/mol. The average molecular weight is 866 g/mol. The minimum atomic E-state index is -1.15. The Morgan fingerprint density at radius 2 is 1.43 bits per heavy atom. The van der Waals surface area contributed by atoms with Gasteiger partial charge in [-0.15, -0.1) is 0 Å². The Balaban J connectivity index is 0.000000540. The first-order chi connectivity index (χ1) is 29.0. The van der Waals surface area contributed by atoms with E-state index in [0.717, 1.165) is 19.1 Å². The van der Waals surface area contributed by atoms with E-state index in [9.17, 15) is 29.4 Å². The van der Waals surface area contributed by atoms with E-state index >= 15 is 0 Å². The van der Waals surface area contributed by atoms with Gasteiger partial charge in [0.05, 0.1) is 30.8 Å². The maximum absolute atomic E-state index is 13.2. The van der Waals surface area contributed by atoms with Crippen LogP contribution < -0.4 is 0 Å². The summed E-state index contributed by atoms with van der Waals surface area (Å²) in [6, 6.07) is -0.219. The molecule has 2 saturated heterocycles. The van der Waals surface area contributed by atoms with Crippen molar-refractivity contribution in [2.24, 2.45) is 23.7 Å². The molecule has 3 aliphatic rings. The van der Waals surface area contributed by atoms with Crippen LogP contribution in [-0.4, -0.2) is 113 Å². The number of ketones is 1. The number of aliphatic carboxylic acids is 1. The first kappa shape index (κ1) is 54.9. The largest absolute Gasteiger partial charge is 0.481 e.